The minimum absolute atomic E-state index is 0.0783. The second kappa shape index (κ2) is 9.01. The van der Waals surface area contributed by atoms with Gasteiger partial charge in [-0.2, -0.15) is 13.2 Å². The van der Waals surface area contributed by atoms with Gasteiger partial charge in [0.2, 0.25) is 5.91 Å². The predicted molar refractivity (Wildman–Crippen MR) is 114 cm³/mol. The van der Waals surface area contributed by atoms with Crippen LogP contribution in [0.2, 0.25) is 0 Å². The molecule has 4 rings (SSSR count). The molecule has 1 aliphatic carbocycles. The van der Waals surface area contributed by atoms with Crippen molar-refractivity contribution in [3.63, 3.8) is 0 Å². The van der Waals surface area contributed by atoms with Crippen LogP contribution in [0.15, 0.2) is 54.6 Å². The van der Waals surface area contributed by atoms with E-state index in [0.29, 0.717) is 12.0 Å². The summed E-state index contributed by atoms with van der Waals surface area (Å²) in [5.74, 6) is -0.505. The molecule has 1 aliphatic heterocycles. The number of hydrogen-bond acceptors (Lipinski definition) is 3. The van der Waals surface area contributed by atoms with Gasteiger partial charge in [-0.25, -0.2) is 0 Å². The molecular weight excluding hydrogens is 403 g/mol. The Hall–Kier alpha value is -2.38. The van der Waals surface area contributed by atoms with Gasteiger partial charge in [-0.1, -0.05) is 48.5 Å². The lowest BCUT2D eigenvalue weighted by molar-refractivity contribution is -0.137. The Morgan fingerprint density at radius 1 is 1.06 bits per heavy atom. The Morgan fingerprint density at radius 2 is 1.77 bits per heavy atom. The van der Waals surface area contributed by atoms with Crippen molar-refractivity contribution in [3.8, 4) is 0 Å². The molecule has 3 unspecified atom stereocenters. The molecule has 1 amide bonds. The lowest BCUT2D eigenvalue weighted by Gasteiger charge is -2.35. The highest BCUT2D eigenvalue weighted by atomic mass is 19.4. The standard InChI is InChI=1S/C24H28F3N3O/c1-29-10-12-30(13-11-29)16-22(17-6-3-2-4-7-17)28-23(31)21-15-20(21)18-8-5-9-19(14-18)24(25,26)27/h2-9,14,20-22H,10-13,15-16H2,1H3,(H,28,31). The first-order valence-corrected chi connectivity index (χ1v) is 10.7. The number of carbonyl (C=O) groups excluding carboxylic acids is 1. The molecule has 0 bridgehead atoms. The fourth-order valence-corrected chi connectivity index (χ4v) is 4.29. The zero-order chi connectivity index (χ0) is 22.0. The predicted octanol–water partition coefficient (Wildman–Crippen LogP) is 3.91. The summed E-state index contributed by atoms with van der Waals surface area (Å²) >= 11 is 0. The Morgan fingerprint density at radius 3 is 2.45 bits per heavy atom. The van der Waals surface area contributed by atoms with E-state index in [2.05, 4.69) is 22.2 Å². The van der Waals surface area contributed by atoms with Crippen molar-refractivity contribution in [2.45, 2.75) is 24.6 Å². The smallest absolute Gasteiger partial charge is 0.348 e. The molecule has 166 valence electrons. The molecule has 1 saturated carbocycles. The second-order valence-corrected chi connectivity index (χ2v) is 8.65. The third-order valence-electron chi connectivity index (χ3n) is 6.32. The molecule has 3 atom stereocenters. The third-order valence-corrected chi connectivity index (χ3v) is 6.32. The van der Waals surface area contributed by atoms with E-state index in [1.165, 1.54) is 12.1 Å². The zero-order valence-corrected chi connectivity index (χ0v) is 17.6. The van der Waals surface area contributed by atoms with Crippen LogP contribution in [0.25, 0.3) is 0 Å². The summed E-state index contributed by atoms with van der Waals surface area (Å²) in [6, 6.07) is 15.1. The highest BCUT2D eigenvalue weighted by Gasteiger charge is 2.45. The summed E-state index contributed by atoms with van der Waals surface area (Å²) in [6.45, 7) is 4.62. The zero-order valence-electron chi connectivity index (χ0n) is 17.6. The molecule has 1 saturated heterocycles. The molecule has 2 aromatic carbocycles. The topological polar surface area (TPSA) is 35.6 Å². The molecule has 2 aromatic rings. The van der Waals surface area contributed by atoms with Gasteiger partial charge in [0, 0.05) is 38.6 Å². The molecule has 0 aromatic heterocycles. The number of hydrogen-bond donors (Lipinski definition) is 1. The van der Waals surface area contributed by atoms with E-state index in [1.807, 2.05) is 30.3 Å². The maximum Gasteiger partial charge on any atom is 0.416 e. The number of alkyl halides is 3. The third kappa shape index (κ3) is 5.46. The van der Waals surface area contributed by atoms with E-state index < -0.39 is 11.7 Å². The Balaban J connectivity index is 1.42. The fraction of sp³-hybridized carbons (Fsp3) is 0.458. The van der Waals surface area contributed by atoms with Crippen molar-refractivity contribution in [1.82, 2.24) is 15.1 Å². The molecule has 0 radical (unpaired) electrons. The summed E-state index contributed by atoms with van der Waals surface area (Å²) < 4.78 is 39.1. The van der Waals surface area contributed by atoms with E-state index in [-0.39, 0.29) is 23.8 Å². The van der Waals surface area contributed by atoms with Crippen molar-refractivity contribution in [2.24, 2.45) is 5.92 Å². The van der Waals surface area contributed by atoms with Gasteiger partial charge in [0.05, 0.1) is 11.6 Å². The molecule has 1 heterocycles. The summed E-state index contributed by atoms with van der Waals surface area (Å²) in [5.41, 5.74) is 0.977. The number of likely N-dealkylation sites (N-methyl/N-ethyl adjacent to an activating group) is 1. The molecule has 7 heteroatoms. The Bertz CT molecular complexity index is 894. The monoisotopic (exact) mass is 431 g/mol. The molecule has 1 N–H and O–H groups in total. The highest BCUT2D eigenvalue weighted by molar-refractivity contribution is 5.83. The first kappa shape index (κ1) is 21.8. The van der Waals surface area contributed by atoms with Crippen LogP contribution >= 0.6 is 0 Å². The van der Waals surface area contributed by atoms with Gasteiger partial charge in [0.15, 0.2) is 0 Å². The molecular formula is C24H28F3N3O. The van der Waals surface area contributed by atoms with Gasteiger partial charge in [-0.05, 0) is 36.6 Å². The van der Waals surface area contributed by atoms with Crippen LogP contribution in [0, 0.1) is 5.92 Å². The van der Waals surface area contributed by atoms with Gasteiger partial charge >= 0.3 is 6.18 Å². The average Bonchev–Trinajstić information content (AvgIpc) is 3.56. The van der Waals surface area contributed by atoms with Crippen molar-refractivity contribution >= 4 is 5.91 Å². The maximum atomic E-state index is 13.0. The lowest BCUT2D eigenvalue weighted by atomic mass is 10.0. The summed E-state index contributed by atoms with van der Waals surface area (Å²) in [5, 5.41) is 3.18. The van der Waals surface area contributed by atoms with Crippen LogP contribution in [-0.2, 0) is 11.0 Å². The molecule has 31 heavy (non-hydrogen) atoms. The SMILES string of the molecule is CN1CCN(CC(NC(=O)C2CC2c2cccc(C(F)(F)F)c2)c2ccccc2)CC1. The number of benzene rings is 2. The van der Waals surface area contributed by atoms with E-state index in [9.17, 15) is 18.0 Å². The van der Waals surface area contributed by atoms with Crippen molar-refractivity contribution in [2.75, 3.05) is 39.8 Å². The van der Waals surface area contributed by atoms with Crippen LogP contribution in [0.3, 0.4) is 0 Å². The number of carbonyl (C=O) groups is 1. The van der Waals surface area contributed by atoms with Gasteiger partial charge in [-0.15, -0.1) is 0 Å². The van der Waals surface area contributed by atoms with E-state index >= 15 is 0 Å². The van der Waals surface area contributed by atoms with Crippen LogP contribution in [0.4, 0.5) is 13.2 Å². The van der Waals surface area contributed by atoms with Crippen LogP contribution < -0.4 is 5.32 Å². The Labute approximate surface area is 181 Å². The minimum atomic E-state index is -4.37. The molecule has 2 fully saturated rings. The number of rotatable bonds is 6. The van der Waals surface area contributed by atoms with Crippen LogP contribution in [0.5, 0.6) is 0 Å². The van der Waals surface area contributed by atoms with Gasteiger partial charge in [0.1, 0.15) is 0 Å². The van der Waals surface area contributed by atoms with E-state index in [0.717, 1.165) is 44.4 Å². The summed E-state index contributed by atoms with van der Waals surface area (Å²) in [7, 11) is 2.11. The number of nitrogens with zero attached hydrogens (tertiary/aromatic N) is 2. The lowest BCUT2D eigenvalue weighted by Crippen LogP contribution is -2.48. The number of amides is 1. The van der Waals surface area contributed by atoms with Gasteiger partial charge < -0.3 is 10.2 Å². The van der Waals surface area contributed by atoms with Gasteiger partial charge in [0.25, 0.3) is 0 Å². The molecule has 0 spiro atoms. The fourth-order valence-electron chi connectivity index (χ4n) is 4.29. The Kier molecular flexibility index (Phi) is 6.34. The quantitative estimate of drug-likeness (QED) is 0.753. The number of piperazine rings is 1. The van der Waals surface area contributed by atoms with Crippen molar-refractivity contribution in [1.29, 1.82) is 0 Å². The van der Waals surface area contributed by atoms with Crippen molar-refractivity contribution < 1.29 is 18.0 Å². The molecule has 4 nitrogen and oxygen atoms in total. The van der Waals surface area contributed by atoms with Crippen LogP contribution in [0.1, 0.15) is 35.1 Å². The maximum absolute atomic E-state index is 13.0. The highest BCUT2D eigenvalue weighted by Crippen LogP contribution is 2.48. The average molecular weight is 432 g/mol. The minimum Gasteiger partial charge on any atom is -0.348 e. The van der Waals surface area contributed by atoms with Crippen LogP contribution in [-0.4, -0.2) is 55.5 Å². The first-order valence-electron chi connectivity index (χ1n) is 10.7. The number of nitrogens with one attached hydrogen (secondary N) is 1. The normalized spacial score (nSPS) is 23.4. The summed E-state index contributed by atoms with van der Waals surface area (Å²) in [4.78, 5) is 17.6. The molecule has 2 aliphatic rings. The van der Waals surface area contributed by atoms with Crippen molar-refractivity contribution in [3.05, 3.63) is 71.3 Å². The largest absolute Gasteiger partial charge is 0.416 e. The van der Waals surface area contributed by atoms with E-state index in [1.54, 1.807) is 6.07 Å². The van der Waals surface area contributed by atoms with E-state index in [4.69, 9.17) is 0 Å². The summed E-state index contributed by atoms with van der Waals surface area (Å²) in [6.07, 6.45) is -3.78. The van der Waals surface area contributed by atoms with Gasteiger partial charge in [-0.3, -0.25) is 9.69 Å². The number of halogens is 3. The second-order valence-electron chi connectivity index (χ2n) is 8.65. The first-order chi connectivity index (χ1) is 14.8.